The lowest BCUT2D eigenvalue weighted by molar-refractivity contribution is 0.299. The summed E-state index contributed by atoms with van der Waals surface area (Å²) in [4.78, 5) is 0. The van der Waals surface area contributed by atoms with E-state index in [0.717, 1.165) is 30.2 Å². The van der Waals surface area contributed by atoms with E-state index in [9.17, 15) is 0 Å². The zero-order valence-electron chi connectivity index (χ0n) is 11.3. The van der Waals surface area contributed by atoms with Crippen LogP contribution in [-0.2, 0) is 12.8 Å². The van der Waals surface area contributed by atoms with Crippen LogP contribution in [0.3, 0.4) is 0 Å². The highest BCUT2D eigenvalue weighted by Gasteiger charge is 2.24. The van der Waals surface area contributed by atoms with Gasteiger partial charge in [0.25, 0.3) is 0 Å². The summed E-state index contributed by atoms with van der Waals surface area (Å²) in [6.45, 7) is 0.779. The van der Waals surface area contributed by atoms with Crippen molar-refractivity contribution in [3.05, 3.63) is 28.3 Å². The molecule has 3 rings (SSSR count). The van der Waals surface area contributed by atoms with Gasteiger partial charge in [0.15, 0.2) is 0 Å². The Balaban J connectivity index is 1.75. The van der Waals surface area contributed by atoms with Crippen LogP contribution in [0, 0.1) is 5.92 Å². The van der Waals surface area contributed by atoms with E-state index < -0.39 is 0 Å². The van der Waals surface area contributed by atoms with Gasteiger partial charge in [-0.05, 0) is 48.4 Å². The first-order valence-corrected chi connectivity index (χ1v) is 7.81. The molecule has 19 heavy (non-hydrogen) atoms. The molecule has 2 N–H and O–H groups in total. The number of hydrogen-bond acceptors (Lipinski definition) is 2. The normalized spacial score (nSPS) is 20.9. The number of halogens is 1. The molecule has 1 aliphatic carbocycles. The third-order valence-corrected chi connectivity index (χ3v) is 4.75. The van der Waals surface area contributed by atoms with Crippen LogP contribution < -0.4 is 10.5 Å². The van der Waals surface area contributed by atoms with Crippen molar-refractivity contribution in [3.8, 4) is 5.75 Å². The summed E-state index contributed by atoms with van der Waals surface area (Å²) in [6.07, 6.45) is 8.48. The Morgan fingerprint density at radius 1 is 1.26 bits per heavy atom. The molecule has 0 radical (unpaired) electrons. The molecule has 1 aromatic carbocycles. The van der Waals surface area contributed by atoms with Crippen LogP contribution >= 0.6 is 11.6 Å². The molecule has 1 heterocycles. The molecule has 2 aliphatic rings. The average molecular weight is 280 g/mol. The monoisotopic (exact) mass is 279 g/mol. The van der Waals surface area contributed by atoms with Crippen molar-refractivity contribution >= 4 is 11.6 Å². The molecular formula is C16H22ClNO. The summed E-state index contributed by atoms with van der Waals surface area (Å²) >= 11 is 6.20. The molecule has 1 fully saturated rings. The SMILES string of the molecule is NC(Cc1cc(Cl)cc2c1OCC2)C1CCCCC1. The predicted octanol–water partition coefficient (Wildman–Crippen LogP) is 3.73. The van der Waals surface area contributed by atoms with Crippen LogP contribution in [0.1, 0.15) is 43.2 Å². The Kier molecular flexibility index (Phi) is 3.99. The topological polar surface area (TPSA) is 35.2 Å². The van der Waals surface area contributed by atoms with E-state index in [1.807, 2.05) is 12.1 Å². The van der Waals surface area contributed by atoms with Gasteiger partial charge in [-0.15, -0.1) is 0 Å². The molecule has 0 aromatic heterocycles. The lowest BCUT2D eigenvalue weighted by Gasteiger charge is -2.28. The van der Waals surface area contributed by atoms with E-state index in [-0.39, 0.29) is 6.04 Å². The first kappa shape index (κ1) is 13.3. The van der Waals surface area contributed by atoms with Gasteiger partial charge in [0, 0.05) is 17.5 Å². The fraction of sp³-hybridized carbons (Fsp3) is 0.625. The third kappa shape index (κ3) is 2.90. The van der Waals surface area contributed by atoms with Crippen LogP contribution in [-0.4, -0.2) is 12.6 Å². The van der Waals surface area contributed by atoms with E-state index in [0.29, 0.717) is 5.92 Å². The van der Waals surface area contributed by atoms with Crippen molar-refractivity contribution in [1.82, 2.24) is 0 Å². The predicted molar refractivity (Wildman–Crippen MR) is 78.9 cm³/mol. The lowest BCUT2D eigenvalue weighted by atomic mass is 9.82. The van der Waals surface area contributed by atoms with Crippen LogP contribution in [0.2, 0.25) is 5.02 Å². The molecule has 0 saturated heterocycles. The second kappa shape index (κ2) is 5.72. The Labute approximate surface area is 120 Å². The highest BCUT2D eigenvalue weighted by molar-refractivity contribution is 6.30. The van der Waals surface area contributed by atoms with E-state index in [2.05, 4.69) is 0 Å². The van der Waals surface area contributed by atoms with Crippen LogP contribution in [0.5, 0.6) is 5.75 Å². The largest absolute Gasteiger partial charge is 0.493 e. The Hall–Kier alpha value is -0.730. The van der Waals surface area contributed by atoms with Gasteiger partial charge >= 0.3 is 0 Å². The van der Waals surface area contributed by atoms with Gasteiger partial charge in [-0.3, -0.25) is 0 Å². The molecule has 3 heteroatoms. The van der Waals surface area contributed by atoms with Gasteiger partial charge in [-0.25, -0.2) is 0 Å². The van der Waals surface area contributed by atoms with Crippen molar-refractivity contribution in [1.29, 1.82) is 0 Å². The number of hydrogen-bond donors (Lipinski definition) is 1. The maximum atomic E-state index is 6.43. The third-order valence-electron chi connectivity index (χ3n) is 4.54. The molecule has 0 bridgehead atoms. The first-order valence-electron chi connectivity index (χ1n) is 7.44. The molecule has 1 atom stereocenters. The number of benzene rings is 1. The standard InChI is InChI=1S/C16H22ClNO/c17-14-8-12-6-7-19-16(12)13(9-14)10-15(18)11-4-2-1-3-5-11/h8-9,11,15H,1-7,10,18H2. The minimum atomic E-state index is 0.243. The van der Waals surface area contributed by atoms with Crippen molar-refractivity contribution in [2.24, 2.45) is 11.7 Å². The quantitative estimate of drug-likeness (QED) is 0.915. The summed E-state index contributed by atoms with van der Waals surface area (Å²) in [5, 5.41) is 0.815. The lowest BCUT2D eigenvalue weighted by Crippen LogP contribution is -2.33. The molecular weight excluding hydrogens is 258 g/mol. The fourth-order valence-corrected chi connectivity index (χ4v) is 3.74. The second-order valence-corrected chi connectivity index (χ2v) is 6.35. The maximum absolute atomic E-state index is 6.43. The highest BCUT2D eigenvalue weighted by Crippen LogP contribution is 2.35. The second-order valence-electron chi connectivity index (χ2n) is 5.92. The number of fused-ring (bicyclic) bond motifs is 1. The smallest absolute Gasteiger partial charge is 0.125 e. The van der Waals surface area contributed by atoms with Crippen molar-refractivity contribution in [3.63, 3.8) is 0 Å². The van der Waals surface area contributed by atoms with Crippen molar-refractivity contribution in [2.45, 2.75) is 51.0 Å². The average Bonchev–Trinajstić information content (AvgIpc) is 2.88. The minimum absolute atomic E-state index is 0.243. The van der Waals surface area contributed by atoms with Crippen LogP contribution in [0.4, 0.5) is 0 Å². The summed E-state index contributed by atoms with van der Waals surface area (Å²) in [6, 6.07) is 4.31. The zero-order chi connectivity index (χ0) is 13.2. The van der Waals surface area contributed by atoms with E-state index in [4.69, 9.17) is 22.1 Å². The van der Waals surface area contributed by atoms with Crippen LogP contribution in [0.15, 0.2) is 12.1 Å². The first-order chi connectivity index (χ1) is 9.24. The summed E-state index contributed by atoms with van der Waals surface area (Å²) < 4.78 is 5.76. The highest BCUT2D eigenvalue weighted by atomic mass is 35.5. The molecule has 1 saturated carbocycles. The van der Waals surface area contributed by atoms with Gasteiger partial charge in [0.05, 0.1) is 6.61 Å². The van der Waals surface area contributed by atoms with Gasteiger partial charge in [-0.2, -0.15) is 0 Å². The van der Waals surface area contributed by atoms with Gasteiger partial charge < -0.3 is 10.5 Å². The Morgan fingerprint density at radius 3 is 2.84 bits per heavy atom. The molecule has 1 aromatic rings. The molecule has 1 unspecified atom stereocenters. The summed E-state index contributed by atoms with van der Waals surface area (Å²) in [5.74, 6) is 1.72. The van der Waals surface area contributed by atoms with Crippen molar-refractivity contribution in [2.75, 3.05) is 6.61 Å². The Morgan fingerprint density at radius 2 is 2.05 bits per heavy atom. The van der Waals surface area contributed by atoms with E-state index in [1.54, 1.807) is 0 Å². The van der Waals surface area contributed by atoms with Crippen molar-refractivity contribution < 1.29 is 4.74 Å². The number of ether oxygens (including phenoxy) is 1. The Bertz CT molecular complexity index is 454. The summed E-state index contributed by atoms with van der Waals surface area (Å²) in [5.41, 5.74) is 8.88. The zero-order valence-corrected chi connectivity index (χ0v) is 12.1. The molecule has 104 valence electrons. The fourth-order valence-electron chi connectivity index (χ4n) is 3.48. The summed E-state index contributed by atoms with van der Waals surface area (Å²) in [7, 11) is 0. The van der Waals surface area contributed by atoms with E-state index >= 15 is 0 Å². The molecule has 2 nitrogen and oxygen atoms in total. The molecule has 0 spiro atoms. The minimum Gasteiger partial charge on any atom is -0.493 e. The molecule has 1 aliphatic heterocycles. The van der Waals surface area contributed by atoms with Gasteiger partial charge in [0.1, 0.15) is 5.75 Å². The maximum Gasteiger partial charge on any atom is 0.125 e. The number of rotatable bonds is 3. The van der Waals surface area contributed by atoms with Gasteiger partial charge in [0.2, 0.25) is 0 Å². The molecule has 0 amide bonds. The number of nitrogens with two attached hydrogens (primary N) is 1. The van der Waals surface area contributed by atoms with E-state index in [1.165, 1.54) is 43.2 Å². The van der Waals surface area contributed by atoms with Crippen LogP contribution in [0.25, 0.3) is 0 Å². The van der Waals surface area contributed by atoms with Gasteiger partial charge in [-0.1, -0.05) is 30.9 Å².